The fraction of sp³-hybridized carbons (Fsp3) is 0.571. The molecule has 0 spiro atoms. The summed E-state index contributed by atoms with van der Waals surface area (Å²) in [6, 6.07) is 0. The first-order valence-corrected chi connectivity index (χ1v) is 3.38. The van der Waals surface area contributed by atoms with E-state index in [0.29, 0.717) is 12.5 Å². The van der Waals surface area contributed by atoms with Gasteiger partial charge >= 0.3 is 0 Å². The van der Waals surface area contributed by atoms with Crippen LogP contribution in [0.5, 0.6) is 0 Å². The number of nitrogens with zero attached hydrogens (tertiary/aromatic N) is 1. The fourth-order valence-electron chi connectivity index (χ4n) is 0.903. The lowest BCUT2D eigenvalue weighted by molar-refractivity contribution is 0.501. The number of rotatable bonds is 2. The molecule has 10 heavy (non-hydrogen) atoms. The van der Waals surface area contributed by atoms with Gasteiger partial charge in [-0.15, -0.1) is 0 Å². The monoisotopic (exact) mass is 140 g/mol. The van der Waals surface area contributed by atoms with Crippen molar-refractivity contribution in [2.24, 2.45) is 5.73 Å². The number of aromatic nitrogens is 1. The van der Waals surface area contributed by atoms with Crippen LogP contribution in [0.25, 0.3) is 0 Å². The predicted octanol–water partition coefficient (Wildman–Crippen LogP) is 1.26. The Morgan fingerprint density at radius 1 is 1.70 bits per heavy atom. The molecular formula is C7H12N2O. The Labute approximate surface area is 60.2 Å². The van der Waals surface area contributed by atoms with Crippen molar-refractivity contribution in [1.82, 2.24) is 4.98 Å². The van der Waals surface area contributed by atoms with E-state index in [1.54, 1.807) is 0 Å². The van der Waals surface area contributed by atoms with Crippen LogP contribution in [0.4, 0.5) is 0 Å². The van der Waals surface area contributed by atoms with Gasteiger partial charge in [0.15, 0.2) is 6.39 Å². The first-order chi connectivity index (χ1) is 4.75. The largest absolute Gasteiger partial charge is 0.447 e. The minimum absolute atomic E-state index is 0.400. The average molecular weight is 140 g/mol. The van der Waals surface area contributed by atoms with Crippen molar-refractivity contribution < 1.29 is 4.42 Å². The van der Waals surface area contributed by atoms with Crippen molar-refractivity contribution in [2.75, 3.05) is 0 Å². The SMILES string of the molecule is CC(C)c1ncoc1CN. The third kappa shape index (κ3) is 1.19. The van der Waals surface area contributed by atoms with E-state index in [1.165, 1.54) is 6.39 Å². The topological polar surface area (TPSA) is 52.0 Å². The van der Waals surface area contributed by atoms with Gasteiger partial charge in [-0.3, -0.25) is 0 Å². The van der Waals surface area contributed by atoms with Gasteiger partial charge in [-0.1, -0.05) is 13.8 Å². The molecule has 0 saturated heterocycles. The summed E-state index contributed by atoms with van der Waals surface area (Å²) in [6.45, 7) is 4.57. The lowest BCUT2D eigenvalue weighted by Gasteiger charge is -1.99. The average Bonchev–Trinajstić information content (AvgIpc) is 2.33. The fourth-order valence-corrected chi connectivity index (χ4v) is 0.903. The molecule has 0 radical (unpaired) electrons. The smallest absolute Gasteiger partial charge is 0.181 e. The van der Waals surface area contributed by atoms with Gasteiger partial charge in [0.25, 0.3) is 0 Å². The van der Waals surface area contributed by atoms with Crippen LogP contribution in [0.3, 0.4) is 0 Å². The molecule has 0 saturated carbocycles. The van der Waals surface area contributed by atoms with E-state index >= 15 is 0 Å². The first-order valence-electron chi connectivity index (χ1n) is 3.38. The Kier molecular flexibility index (Phi) is 2.06. The minimum Gasteiger partial charge on any atom is -0.447 e. The summed E-state index contributed by atoms with van der Waals surface area (Å²) >= 11 is 0. The highest BCUT2D eigenvalue weighted by Gasteiger charge is 2.08. The van der Waals surface area contributed by atoms with Crippen molar-refractivity contribution in [1.29, 1.82) is 0 Å². The highest BCUT2D eigenvalue weighted by atomic mass is 16.3. The molecule has 0 unspecified atom stereocenters. The van der Waals surface area contributed by atoms with Gasteiger partial charge in [0.1, 0.15) is 5.76 Å². The molecule has 0 bridgehead atoms. The van der Waals surface area contributed by atoms with Gasteiger partial charge in [0.05, 0.1) is 12.2 Å². The van der Waals surface area contributed by atoms with Crippen LogP contribution in [0.15, 0.2) is 10.8 Å². The quantitative estimate of drug-likeness (QED) is 0.672. The third-order valence-electron chi connectivity index (χ3n) is 1.40. The van der Waals surface area contributed by atoms with Crippen LogP contribution < -0.4 is 5.73 Å². The minimum atomic E-state index is 0.400. The molecular weight excluding hydrogens is 128 g/mol. The van der Waals surface area contributed by atoms with Crippen LogP contribution in [0, 0.1) is 0 Å². The molecule has 0 aromatic carbocycles. The second kappa shape index (κ2) is 2.84. The summed E-state index contributed by atoms with van der Waals surface area (Å²) in [6.07, 6.45) is 1.44. The maximum absolute atomic E-state index is 5.40. The van der Waals surface area contributed by atoms with Crippen molar-refractivity contribution in [3.8, 4) is 0 Å². The Morgan fingerprint density at radius 2 is 2.40 bits per heavy atom. The summed E-state index contributed by atoms with van der Waals surface area (Å²) in [5.41, 5.74) is 6.37. The maximum atomic E-state index is 5.40. The zero-order valence-corrected chi connectivity index (χ0v) is 6.29. The Balaban J connectivity index is 2.90. The highest BCUT2D eigenvalue weighted by molar-refractivity contribution is 5.10. The molecule has 56 valence electrons. The Morgan fingerprint density at radius 3 is 2.80 bits per heavy atom. The van der Waals surface area contributed by atoms with Gasteiger partial charge in [-0.05, 0) is 5.92 Å². The molecule has 3 heteroatoms. The number of hydrogen-bond donors (Lipinski definition) is 1. The predicted molar refractivity (Wildman–Crippen MR) is 38.5 cm³/mol. The van der Waals surface area contributed by atoms with Crippen LogP contribution in [0.2, 0.25) is 0 Å². The summed E-state index contributed by atoms with van der Waals surface area (Å²) in [7, 11) is 0. The number of nitrogens with two attached hydrogens (primary N) is 1. The molecule has 0 aliphatic heterocycles. The summed E-state index contributed by atoms with van der Waals surface area (Å²) < 4.78 is 5.04. The van der Waals surface area contributed by atoms with E-state index in [2.05, 4.69) is 18.8 Å². The zero-order valence-electron chi connectivity index (χ0n) is 6.29. The molecule has 1 heterocycles. The lowest BCUT2D eigenvalue weighted by Crippen LogP contribution is -2.00. The maximum Gasteiger partial charge on any atom is 0.181 e. The normalized spacial score (nSPS) is 10.8. The van der Waals surface area contributed by atoms with Crippen LogP contribution >= 0.6 is 0 Å². The van der Waals surface area contributed by atoms with E-state index in [-0.39, 0.29) is 0 Å². The lowest BCUT2D eigenvalue weighted by atomic mass is 10.1. The van der Waals surface area contributed by atoms with E-state index in [0.717, 1.165) is 11.5 Å². The number of oxazole rings is 1. The molecule has 0 amide bonds. The molecule has 0 fully saturated rings. The van der Waals surface area contributed by atoms with E-state index in [1.807, 2.05) is 0 Å². The first kappa shape index (κ1) is 7.28. The van der Waals surface area contributed by atoms with Gasteiger partial charge in [0.2, 0.25) is 0 Å². The van der Waals surface area contributed by atoms with Crippen molar-refractivity contribution in [2.45, 2.75) is 26.3 Å². The Hall–Kier alpha value is -0.830. The highest BCUT2D eigenvalue weighted by Crippen LogP contribution is 2.16. The van der Waals surface area contributed by atoms with Crippen LogP contribution in [-0.4, -0.2) is 4.98 Å². The molecule has 1 rings (SSSR count). The third-order valence-corrected chi connectivity index (χ3v) is 1.40. The van der Waals surface area contributed by atoms with E-state index < -0.39 is 0 Å². The summed E-state index contributed by atoms with van der Waals surface area (Å²) in [5, 5.41) is 0. The summed E-state index contributed by atoms with van der Waals surface area (Å²) in [5.74, 6) is 1.20. The van der Waals surface area contributed by atoms with Crippen molar-refractivity contribution in [3.05, 3.63) is 17.8 Å². The van der Waals surface area contributed by atoms with Gasteiger partial charge in [-0.2, -0.15) is 0 Å². The van der Waals surface area contributed by atoms with E-state index in [4.69, 9.17) is 10.2 Å². The van der Waals surface area contributed by atoms with Crippen molar-refractivity contribution in [3.63, 3.8) is 0 Å². The molecule has 1 aromatic rings. The molecule has 0 atom stereocenters. The number of hydrogen-bond acceptors (Lipinski definition) is 3. The summed E-state index contributed by atoms with van der Waals surface area (Å²) in [4.78, 5) is 4.04. The van der Waals surface area contributed by atoms with Gasteiger partial charge < -0.3 is 10.2 Å². The van der Waals surface area contributed by atoms with Crippen LogP contribution in [0.1, 0.15) is 31.2 Å². The van der Waals surface area contributed by atoms with Crippen LogP contribution in [-0.2, 0) is 6.54 Å². The molecule has 0 aliphatic rings. The van der Waals surface area contributed by atoms with E-state index in [9.17, 15) is 0 Å². The zero-order chi connectivity index (χ0) is 7.56. The molecule has 0 aliphatic carbocycles. The standard InChI is InChI=1S/C7H12N2O/c1-5(2)7-6(3-8)10-4-9-7/h4-5H,3,8H2,1-2H3. The molecule has 3 nitrogen and oxygen atoms in total. The molecule has 2 N–H and O–H groups in total. The second-order valence-electron chi connectivity index (χ2n) is 2.52. The van der Waals surface area contributed by atoms with Gasteiger partial charge in [0, 0.05) is 0 Å². The Bertz CT molecular complexity index is 205. The molecule has 1 aromatic heterocycles. The van der Waals surface area contributed by atoms with Crippen molar-refractivity contribution >= 4 is 0 Å². The second-order valence-corrected chi connectivity index (χ2v) is 2.52. The van der Waals surface area contributed by atoms with Gasteiger partial charge in [-0.25, -0.2) is 4.98 Å².